The maximum atomic E-state index is 10.2. The van der Waals surface area contributed by atoms with Gasteiger partial charge >= 0.3 is 0 Å². The first kappa shape index (κ1) is 12.9. The predicted molar refractivity (Wildman–Crippen MR) is 64.0 cm³/mol. The molecule has 90 valence electrons. The third kappa shape index (κ3) is 3.74. The van der Waals surface area contributed by atoms with E-state index in [2.05, 4.69) is 37.7 Å². The van der Waals surface area contributed by atoms with Crippen molar-refractivity contribution >= 4 is 0 Å². The predicted octanol–water partition coefficient (Wildman–Crippen LogP) is 1.03. The molecule has 1 heterocycles. The van der Waals surface area contributed by atoms with Crippen molar-refractivity contribution in [2.75, 3.05) is 33.7 Å². The van der Waals surface area contributed by atoms with Crippen LogP contribution in [0.15, 0.2) is 0 Å². The molecule has 0 saturated carbocycles. The zero-order chi connectivity index (χ0) is 11.4. The molecule has 3 unspecified atom stereocenters. The van der Waals surface area contributed by atoms with Crippen molar-refractivity contribution in [3.8, 4) is 0 Å². The van der Waals surface area contributed by atoms with Crippen molar-refractivity contribution in [1.29, 1.82) is 0 Å². The Morgan fingerprint density at radius 1 is 1.33 bits per heavy atom. The van der Waals surface area contributed by atoms with E-state index in [1.165, 1.54) is 0 Å². The second-order valence-corrected chi connectivity index (χ2v) is 5.13. The van der Waals surface area contributed by atoms with Crippen LogP contribution >= 0.6 is 0 Å². The molecule has 1 saturated heterocycles. The summed E-state index contributed by atoms with van der Waals surface area (Å²) in [5, 5.41) is 10.2. The van der Waals surface area contributed by atoms with Gasteiger partial charge in [-0.25, -0.2) is 0 Å². The highest BCUT2D eigenvalue weighted by Gasteiger charge is 2.28. The average molecular weight is 214 g/mol. The van der Waals surface area contributed by atoms with Crippen LogP contribution in [-0.4, -0.2) is 60.8 Å². The van der Waals surface area contributed by atoms with E-state index in [4.69, 9.17) is 0 Å². The molecule has 0 aromatic heterocycles. The van der Waals surface area contributed by atoms with Gasteiger partial charge in [0.25, 0.3) is 0 Å². The lowest BCUT2D eigenvalue weighted by atomic mass is 9.95. The number of aliphatic hydroxyl groups is 1. The van der Waals surface area contributed by atoms with E-state index in [-0.39, 0.29) is 6.10 Å². The van der Waals surface area contributed by atoms with Crippen LogP contribution in [-0.2, 0) is 0 Å². The number of likely N-dealkylation sites (N-methyl/N-ethyl adjacent to an activating group) is 2. The smallest absolute Gasteiger partial charge is 0.0710 e. The first-order valence-corrected chi connectivity index (χ1v) is 6.11. The Morgan fingerprint density at radius 2 is 2.00 bits per heavy atom. The zero-order valence-corrected chi connectivity index (χ0v) is 10.6. The molecule has 15 heavy (non-hydrogen) atoms. The van der Waals surface area contributed by atoms with Gasteiger partial charge in [0, 0.05) is 25.7 Å². The molecule has 1 aliphatic heterocycles. The molecule has 0 aliphatic carbocycles. The first-order valence-electron chi connectivity index (χ1n) is 6.11. The minimum absolute atomic E-state index is 0.173. The van der Waals surface area contributed by atoms with Gasteiger partial charge in [-0.2, -0.15) is 0 Å². The summed E-state index contributed by atoms with van der Waals surface area (Å²) in [4.78, 5) is 4.61. The van der Waals surface area contributed by atoms with Gasteiger partial charge in [0.05, 0.1) is 6.10 Å². The number of rotatable bonds is 4. The summed E-state index contributed by atoms with van der Waals surface area (Å²) in [7, 11) is 4.26. The maximum Gasteiger partial charge on any atom is 0.0710 e. The Morgan fingerprint density at radius 3 is 2.60 bits per heavy atom. The molecule has 3 heteroatoms. The Kier molecular flexibility index (Phi) is 5.03. The van der Waals surface area contributed by atoms with E-state index in [9.17, 15) is 5.11 Å². The zero-order valence-electron chi connectivity index (χ0n) is 10.6. The summed E-state index contributed by atoms with van der Waals surface area (Å²) in [6.07, 6.45) is 1.91. The summed E-state index contributed by atoms with van der Waals surface area (Å²) in [6.45, 7) is 7.58. The minimum atomic E-state index is -0.173. The van der Waals surface area contributed by atoms with Crippen LogP contribution in [0.5, 0.6) is 0 Å². The second-order valence-electron chi connectivity index (χ2n) is 5.13. The van der Waals surface area contributed by atoms with Gasteiger partial charge in [0.1, 0.15) is 0 Å². The van der Waals surface area contributed by atoms with Crippen LogP contribution in [0.1, 0.15) is 26.7 Å². The van der Waals surface area contributed by atoms with Gasteiger partial charge < -0.3 is 10.0 Å². The SMILES string of the molecule is CCC(C)CC(O)C1CN(C)CCN1C. The topological polar surface area (TPSA) is 26.7 Å². The van der Waals surface area contributed by atoms with E-state index in [0.29, 0.717) is 12.0 Å². The quantitative estimate of drug-likeness (QED) is 0.757. The van der Waals surface area contributed by atoms with Gasteiger partial charge in [-0.05, 0) is 26.4 Å². The molecule has 1 rings (SSSR count). The molecule has 3 nitrogen and oxygen atoms in total. The first-order chi connectivity index (χ1) is 7.04. The fraction of sp³-hybridized carbons (Fsp3) is 1.00. The van der Waals surface area contributed by atoms with Crippen molar-refractivity contribution < 1.29 is 5.11 Å². The van der Waals surface area contributed by atoms with Crippen LogP contribution in [0.2, 0.25) is 0 Å². The van der Waals surface area contributed by atoms with Crippen LogP contribution < -0.4 is 0 Å². The highest BCUT2D eigenvalue weighted by molar-refractivity contribution is 4.84. The summed E-state index contributed by atoms with van der Waals surface area (Å²) in [6, 6.07) is 0.317. The van der Waals surface area contributed by atoms with E-state index in [0.717, 1.165) is 32.5 Å². The van der Waals surface area contributed by atoms with Gasteiger partial charge in [0.2, 0.25) is 0 Å². The molecule has 0 aromatic carbocycles. The summed E-state index contributed by atoms with van der Waals surface area (Å²) in [5.41, 5.74) is 0. The van der Waals surface area contributed by atoms with E-state index < -0.39 is 0 Å². The van der Waals surface area contributed by atoms with Gasteiger partial charge in [-0.1, -0.05) is 20.3 Å². The molecule has 0 bridgehead atoms. The largest absolute Gasteiger partial charge is 0.391 e. The minimum Gasteiger partial charge on any atom is -0.391 e. The molecule has 1 aliphatic rings. The normalized spacial score (nSPS) is 29.0. The number of aliphatic hydroxyl groups excluding tert-OH is 1. The van der Waals surface area contributed by atoms with Crippen LogP contribution in [0, 0.1) is 5.92 Å². The van der Waals surface area contributed by atoms with Gasteiger partial charge in [0.15, 0.2) is 0 Å². The van der Waals surface area contributed by atoms with Gasteiger partial charge in [-0.3, -0.25) is 4.90 Å². The van der Waals surface area contributed by atoms with Gasteiger partial charge in [-0.15, -0.1) is 0 Å². The van der Waals surface area contributed by atoms with Crippen LogP contribution in [0.25, 0.3) is 0 Å². The second kappa shape index (κ2) is 5.83. The molecule has 0 spiro atoms. The van der Waals surface area contributed by atoms with E-state index in [1.807, 2.05) is 0 Å². The summed E-state index contributed by atoms with van der Waals surface area (Å²) in [5.74, 6) is 0.626. The molecule has 1 fully saturated rings. The number of hydrogen-bond acceptors (Lipinski definition) is 3. The Hall–Kier alpha value is -0.120. The third-order valence-corrected chi connectivity index (χ3v) is 3.68. The Balaban J connectivity index is 2.45. The summed E-state index contributed by atoms with van der Waals surface area (Å²) >= 11 is 0. The molecule has 1 N–H and O–H groups in total. The molecule has 0 amide bonds. The number of hydrogen-bond donors (Lipinski definition) is 1. The van der Waals surface area contributed by atoms with E-state index in [1.54, 1.807) is 0 Å². The lowest BCUT2D eigenvalue weighted by molar-refractivity contribution is 0.00392. The Bertz CT molecular complexity index is 186. The fourth-order valence-electron chi connectivity index (χ4n) is 2.20. The standard InChI is InChI=1S/C12H26N2O/c1-5-10(2)8-12(15)11-9-13(3)6-7-14(11)4/h10-12,15H,5-9H2,1-4H3. The van der Waals surface area contributed by atoms with Crippen molar-refractivity contribution in [3.63, 3.8) is 0 Å². The number of piperazine rings is 1. The van der Waals surface area contributed by atoms with Crippen molar-refractivity contribution in [2.45, 2.75) is 38.8 Å². The Labute approximate surface area is 94.1 Å². The van der Waals surface area contributed by atoms with Crippen molar-refractivity contribution in [1.82, 2.24) is 9.80 Å². The molecule has 3 atom stereocenters. The van der Waals surface area contributed by atoms with Crippen LogP contribution in [0.3, 0.4) is 0 Å². The fourth-order valence-corrected chi connectivity index (χ4v) is 2.20. The monoisotopic (exact) mass is 214 g/mol. The molecule has 0 radical (unpaired) electrons. The average Bonchev–Trinajstić information content (AvgIpc) is 2.21. The lowest BCUT2D eigenvalue weighted by Gasteiger charge is -2.40. The van der Waals surface area contributed by atoms with Crippen molar-refractivity contribution in [3.05, 3.63) is 0 Å². The molecule has 0 aromatic rings. The van der Waals surface area contributed by atoms with Crippen LogP contribution in [0.4, 0.5) is 0 Å². The number of nitrogens with zero attached hydrogens (tertiary/aromatic N) is 2. The lowest BCUT2D eigenvalue weighted by Crippen LogP contribution is -2.55. The maximum absolute atomic E-state index is 10.2. The van der Waals surface area contributed by atoms with E-state index >= 15 is 0 Å². The molecular formula is C12H26N2O. The highest BCUT2D eigenvalue weighted by Crippen LogP contribution is 2.17. The highest BCUT2D eigenvalue weighted by atomic mass is 16.3. The van der Waals surface area contributed by atoms with Crippen molar-refractivity contribution in [2.24, 2.45) is 5.92 Å². The third-order valence-electron chi connectivity index (χ3n) is 3.68. The molecular weight excluding hydrogens is 188 g/mol. The summed E-state index contributed by atoms with van der Waals surface area (Å²) < 4.78 is 0.